The van der Waals surface area contributed by atoms with Gasteiger partial charge < -0.3 is 15.0 Å². The molecule has 0 fully saturated rings. The van der Waals surface area contributed by atoms with Crippen molar-refractivity contribution < 1.29 is 4.74 Å². The molecule has 1 atom stereocenters. The Morgan fingerprint density at radius 1 is 1.42 bits per heavy atom. The Morgan fingerprint density at radius 2 is 2.26 bits per heavy atom. The van der Waals surface area contributed by atoms with Crippen molar-refractivity contribution in [2.45, 2.75) is 32.1 Å². The first-order valence-electron chi connectivity index (χ1n) is 7.08. The zero-order valence-corrected chi connectivity index (χ0v) is 12.0. The summed E-state index contributed by atoms with van der Waals surface area (Å²) in [6, 6.07) is 4.29. The molecule has 0 saturated carbocycles. The van der Waals surface area contributed by atoms with Gasteiger partial charge in [0, 0.05) is 23.1 Å². The Bertz CT molecular complexity index is 600. The molecule has 3 nitrogen and oxygen atoms in total. The maximum absolute atomic E-state index is 5.43. The molecular formula is C16H22N2O. The number of methoxy groups -OCH3 is 1. The summed E-state index contributed by atoms with van der Waals surface area (Å²) in [5.74, 6) is 1.58. The molecule has 0 aliphatic heterocycles. The van der Waals surface area contributed by atoms with Gasteiger partial charge in [0.25, 0.3) is 0 Å². The largest absolute Gasteiger partial charge is 0.497 e. The van der Waals surface area contributed by atoms with Crippen LogP contribution in [-0.4, -0.2) is 25.7 Å². The van der Waals surface area contributed by atoms with Gasteiger partial charge in [0.05, 0.1) is 7.11 Å². The van der Waals surface area contributed by atoms with Gasteiger partial charge in [-0.15, -0.1) is 0 Å². The van der Waals surface area contributed by atoms with Crippen LogP contribution in [0.15, 0.2) is 12.1 Å². The summed E-state index contributed by atoms with van der Waals surface area (Å²) in [6.07, 6.45) is 3.73. The lowest BCUT2D eigenvalue weighted by atomic mass is 9.85. The fraction of sp³-hybridized carbons (Fsp3) is 0.500. The average molecular weight is 258 g/mol. The van der Waals surface area contributed by atoms with Crippen molar-refractivity contribution in [1.29, 1.82) is 0 Å². The summed E-state index contributed by atoms with van der Waals surface area (Å²) >= 11 is 0. The molecule has 3 heteroatoms. The maximum atomic E-state index is 5.43. The van der Waals surface area contributed by atoms with Crippen LogP contribution in [0.3, 0.4) is 0 Å². The molecule has 1 heterocycles. The summed E-state index contributed by atoms with van der Waals surface area (Å²) in [4.78, 5) is 3.64. The summed E-state index contributed by atoms with van der Waals surface area (Å²) in [5.41, 5.74) is 5.50. The Hall–Kier alpha value is -1.48. The third-order valence-corrected chi connectivity index (χ3v) is 4.27. The quantitative estimate of drug-likeness (QED) is 0.887. The number of rotatable bonds is 3. The Labute approximate surface area is 114 Å². The number of aromatic nitrogens is 1. The van der Waals surface area contributed by atoms with E-state index in [0.717, 1.165) is 12.3 Å². The van der Waals surface area contributed by atoms with Gasteiger partial charge in [-0.25, -0.2) is 0 Å². The molecule has 3 rings (SSSR count). The van der Waals surface area contributed by atoms with Crippen LogP contribution in [0.25, 0.3) is 10.9 Å². The molecule has 19 heavy (non-hydrogen) atoms. The Balaban J connectivity index is 2.21. The number of hydrogen-bond acceptors (Lipinski definition) is 2. The molecule has 0 radical (unpaired) electrons. The zero-order valence-electron chi connectivity index (χ0n) is 12.0. The van der Waals surface area contributed by atoms with Gasteiger partial charge in [0.15, 0.2) is 0 Å². The smallest absolute Gasteiger partial charge is 0.119 e. The van der Waals surface area contributed by atoms with E-state index in [1.807, 2.05) is 7.05 Å². The van der Waals surface area contributed by atoms with Crippen molar-refractivity contribution in [1.82, 2.24) is 10.3 Å². The van der Waals surface area contributed by atoms with E-state index in [0.29, 0.717) is 5.92 Å². The molecule has 102 valence electrons. The van der Waals surface area contributed by atoms with Gasteiger partial charge in [-0.2, -0.15) is 0 Å². The third kappa shape index (κ3) is 2.02. The van der Waals surface area contributed by atoms with E-state index in [9.17, 15) is 0 Å². The molecule has 0 saturated heterocycles. The summed E-state index contributed by atoms with van der Waals surface area (Å²) in [5, 5.41) is 4.68. The summed E-state index contributed by atoms with van der Waals surface area (Å²) in [6.45, 7) is 3.20. The van der Waals surface area contributed by atoms with Crippen molar-refractivity contribution in [3.63, 3.8) is 0 Å². The number of ether oxygens (including phenoxy) is 1. The standard InChI is InChI=1S/C16H22N2O/c1-10-7-12(19-3)8-13-15-11(9-17-2)5-4-6-14(15)18-16(10)13/h7-8,11,17-18H,4-6,9H2,1-3H3. The highest BCUT2D eigenvalue weighted by atomic mass is 16.5. The number of fused-ring (bicyclic) bond motifs is 3. The average Bonchev–Trinajstić information content (AvgIpc) is 2.79. The van der Waals surface area contributed by atoms with Crippen LogP contribution in [0.5, 0.6) is 5.75 Å². The second kappa shape index (κ2) is 4.89. The molecule has 2 N–H and O–H groups in total. The van der Waals surface area contributed by atoms with Crippen molar-refractivity contribution in [2.75, 3.05) is 20.7 Å². The highest BCUT2D eigenvalue weighted by Crippen LogP contribution is 2.39. The van der Waals surface area contributed by atoms with Gasteiger partial charge in [0.1, 0.15) is 5.75 Å². The van der Waals surface area contributed by atoms with Crippen LogP contribution in [0.2, 0.25) is 0 Å². The van der Waals surface area contributed by atoms with Gasteiger partial charge in [-0.1, -0.05) is 0 Å². The molecule has 1 aliphatic rings. The van der Waals surface area contributed by atoms with Crippen molar-refractivity contribution in [3.8, 4) is 5.75 Å². The van der Waals surface area contributed by atoms with E-state index in [-0.39, 0.29) is 0 Å². The second-order valence-corrected chi connectivity index (χ2v) is 5.53. The Morgan fingerprint density at radius 3 is 3.00 bits per heavy atom. The predicted octanol–water partition coefficient (Wildman–Crippen LogP) is 3.12. The van der Waals surface area contributed by atoms with Crippen LogP contribution in [0.4, 0.5) is 0 Å². The first-order chi connectivity index (χ1) is 9.24. The first-order valence-corrected chi connectivity index (χ1v) is 7.08. The predicted molar refractivity (Wildman–Crippen MR) is 79.2 cm³/mol. The lowest BCUT2D eigenvalue weighted by Crippen LogP contribution is -2.20. The van der Waals surface area contributed by atoms with Crippen LogP contribution in [-0.2, 0) is 6.42 Å². The monoisotopic (exact) mass is 258 g/mol. The fourth-order valence-electron chi connectivity index (χ4n) is 3.41. The lowest BCUT2D eigenvalue weighted by molar-refractivity contribution is 0.415. The van der Waals surface area contributed by atoms with Crippen LogP contribution in [0.1, 0.15) is 35.6 Å². The third-order valence-electron chi connectivity index (χ3n) is 4.27. The van der Waals surface area contributed by atoms with Crippen LogP contribution >= 0.6 is 0 Å². The van der Waals surface area contributed by atoms with E-state index >= 15 is 0 Å². The SMILES string of the molecule is CNCC1CCCc2[nH]c3c(C)cc(OC)cc3c21. The van der Waals surface area contributed by atoms with Gasteiger partial charge >= 0.3 is 0 Å². The molecule has 0 amide bonds. The highest BCUT2D eigenvalue weighted by molar-refractivity contribution is 5.89. The van der Waals surface area contributed by atoms with Gasteiger partial charge in [0.2, 0.25) is 0 Å². The molecule has 1 aliphatic carbocycles. The highest BCUT2D eigenvalue weighted by Gasteiger charge is 2.25. The molecule has 1 aromatic carbocycles. The van der Waals surface area contributed by atoms with Crippen molar-refractivity contribution in [3.05, 3.63) is 29.0 Å². The summed E-state index contributed by atoms with van der Waals surface area (Å²) in [7, 11) is 3.78. The molecular weight excluding hydrogens is 236 g/mol. The lowest BCUT2D eigenvalue weighted by Gasteiger charge is -2.22. The minimum absolute atomic E-state index is 0.619. The fourth-order valence-corrected chi connectivity index (χ4v) is 3.41. The normalized spacial score (nSPS) is 18.6. The maximum Gasteiger partial charge on any atom is 0.119 e. The number of hydrogen-bond donors (Lipinski definition) is 2. The van der Waals surface area contributed by atoms with Crippen molar-refractivity contribution >= 4 is 10.9 Å². The first kappa shape index (κ1) is 12.5. The number of aromatic amines is 1. The van der Waals surface area contributed by atoms with Crippen LogP contribution in [0, 0.1) is 6.92 Å². The minimum atomic E-state index is 0.619. The van der Waals surface area contributed by atoms with E-state index in [1.54, 1.807) is 7.11 Å². The van der Waals surface area contributed by atoms with E-state index in [1.165, 1.54) is 47.0 Å². The van der Waals surface area contributed by atoms with E-state index in [2.05, 4.69) is 29.4 Å². The number of benzene rings is 1. The molecule has 1 aromatic heterocycles. The Kier molecular flexibility index (Phi) is 3.23. The number of H-pyrrole nitrogens is 1. The zero-order chi connectivity index (χ0) is 13.4. The van der Waals surface area contributed by atoms with E-state index in [4.69, 9.17) is 4.74 Å². The second-order valence-electron chi connectivity index (χ2n) is 5.53. The van der Waals surface area contributed by atoms with Crippen LogP contribution < -0.4 is 10.1 Å². The molecule has 2 aromatic rings. The number of nitrogens with one attached hydrogen (secondary N) is 2. The topological polar surface area (TPSA) is 37.0 Å². The summed E-state index contributed by atoms with van der Waals surface area (Å²) < 4.78 is 5.43. The minimum Gasteiger partial charge on any atom is -0.497 e. The van der Waals surface area contributed by atoms with Gasteiger partial charge in [-0.3, -0.25) is 0 Å². The number of aryl methyl sites for hydroxylation is 2. The van der Waals surface area contributed by atoms with Crippen molar-refractivity contribution in [2.24, 2.45) is 0 Å². The molecule has 0 spiro atoms. The molecule has 1 unspecified atom stereocenters. The number of likely N-dealkylation sites (N-methyl/N-ethyl adjacent to an activating group) is 1. The van der Waals surface area contributed by atoms with Gasteiger partial charge in [-0.05, 0) is 62.4 Å². The van der Waals surface area contributed by atoms with E-state index < -0.39 is 0 Å². The molecule has 0 bridgehead atoms.